The van der Waals surface area contributed by atoms with Crippen LogP contribution in [0.3, 0.4) is 0 Å². The van der Waals surface area contributed by atoms with Gasteiger partial charge >= 0.3 is 6.18 Å². The summed E-state index contributed by atoms with van der Waals surface area (Å²) in [6, 6.07) is 9.04. The van der Waals surface area contributed by atoms with Crippen molar-refractivity contribution in [2.45, 2.75) is 23.7 Å². The molecule has 0 bridgehead atoms. The second kappa shape index (κ2) is 6.82. The Morgan fingerprint density at radius 3 is 2.45 bits per heavy atom. The highest BCUT2D eigenvalue weighted by Crippen LogP contribution is 2.45. The lowest BCUT2D eigenvalue weighted by atomic mass is 9.72. The molecular weight excluding hydrogens is 384 g/mol. The molecule has 0 radical (unpaired) electrons. The van der Waals surface area contributed by atoms with Crippen molar-refractivity contribution < 1.29 is 17.6 Å². The van der Waals surface area contributed by atoms with E-state index < -0.39 is 23.7 Å². The summed E-state index contributed by atoms with van der Waals surface area (Å²) in [4.78, 5) is 0. The van der Waals surface area contributed by atoms with Crippen LogP contribution in [0.5, 0.6) is 0 Å². The van der Waals surface area contributed by atoms with Gasteiger partial charge in [0.1, 0.15) is 11.7 Å². The van der Waals surface area contributed by atoms with E-state index in [1.807, 2.05) is 0 Å². The number of halogens is 4. The molecule has 3 aromatic rings. The Morgan fingerprint density at radius 2 is 1.79 bits per heavy atom. The highest BCUT2D eigenvalue weighted by molar-refractivity contribution is 5.81. The number of fused-ring (bicyclic) bond motifs is 1. The number of nitrogens with two attached hydrogens (primary N) is 2. The van der Waals surface area contributed by atoms with Gasteiger partial charge < -0.3 is 11.5 Å². The van der Waals surface area contributed by atoms with E-state index in [9.17, 15) is 17.6 Å². The van der Waals surface area contributed by atoms with Gasteiger partial charge in [-0.2, -0.15) is 18.3 Å². The molecule has 8 heteroatoms. The van der Waals surface area contributed by atoms with Crippen LogP contribution < -0.4 is 11.5 Å². The van der Waals surface area contributed by atoms with Crippen molar-refractivity contribution in [1.29, 1.82) is 0 Å². The van der Waals surface area contributed by atoms with E-state index in [2.05, 4.69) is 5.10 Å². The highest BCUT2D eigenvalue weighted by Gasteiger charge is 2.54. The summed E-state index contributed by atoms with van der Waals surface area (Å²) in [6.07, 6.45) is 2.69. The van der Waals surface area contributed by atoms with Gasteiger partial charge in [0.25, 0.3) is 0 Å². The Bertz CT molecular complexity index is 1100. The molecule has 4 N–H and O–H groups in total. The molecule has 4 rings (SSSR count). The van der Waals surface area contributed by atoms with E-state index in [0.29, 0.717) is 16.6 Å². The number of allylic oxidation sites excluding steroid dienone is 2. The molecule has 0 aliphatic heterocycles. The summed E-state index contributed by atoms with van der Waals surface area (Å²) >= 11 is 0. The van der Waals surface area contributed by atoms with E-state index >= 15 is 0 Å². The molecule has 3 unspecified atom stereocenters. The predicted molar refractivity (Wildman–Crippen MR) is 103 cm³/mol. The molecule has 150 valence electrons. The quantitative estimate of drug-likeness (QED) is 0.652. The Hall–Kier alpha value is -2.97. The summed E-state index contributed by atoms with van der Waals surface area (Å²) in [5.41, 5.74) is 11.5. The van der Waals surface area contributed by atoms with Gasteiger partial charge in [-0.25, -0.2) is 9.07 Å². The average Bonchev–Trinajstić information content (AvgIpc) is 3.07. The zero-order valence-electron chi connectivity index (χ0n) is 15.1. The van der Waals surface area contributed by atoms with Gasteiger partial charge in [-0.3, -0.25) is 0 Å². The number of benzene rings is 2. The number of aromatic nitrogens is 2. The van der Waals surface area contributed by atoms with Crippen molar-refractivity contribution in [3.05, 3.63) is 84.3 Å². The minimum Gasteiger partial charge on any atom is -0.323 e. The molecule has 0 saturated carbocycles. The number of alkyl halides is 3. The third kappa shape index (κ3) is 3.34. The van der Waals surface area contributed by atoms with Gasteiger partial charge in [-0.1, -0.05) is 30.4 Å². The van der Waals surface area contributed by atoms with Crippen LogP contribution in [0.2, 0.25) is 0 Å². The first-order valence-corrected chi connectivity index (χ1v) is 8.91. The molecule has 0 spiro atoms. The van der Waals surface area contributed by atoms with Gasteiger partial charge in [0.15, 0.2) is 0 Å². The fourth-order valence-corrected chi connectivity index (χ4v) is 3.75. The largest absolute Gasteiger partial charge is 0.397 e. The fraction of sp³-hybridized carbons (Fsp3) is 0.190. The number of nitrogens with zero attached hydrogens (tertiary/aromatic N) is 2. The maximum absolute atomic E-state index is 14.1. The van der Waals surface area contributed by atoms with Crippen LogP contribution in [0.15, 0.2) is 73.0 Å². The third-order valence-corrected chi connectivity index (χ3v) is 5.22. The van der Waals surface area contributed by atoms with Gasteiger partial charge in [0.2, 0.25) is 0 Å². The molecule has 0 fully saturated rings. The molecular formula is C21H18F4N4. The fourth-order valence-electron chi connectivity index (χ4n) is 3.75. The van der Waals surface area contributed by atoms with Crippen LogP contribution in [0.1, 0.15) is 11.5 Å². The molecule has 1 heterocycles. The minimum atomic E-state index is -4.61. The summed E-state index contributed by atoms with van der Waals surface area (Å²) in [5.74, 6) is -2.38. The second-order valence-electron chi connectivity index (χ2n) is 7.10. The summed E-state index contributed by atoms with van der Waals surface area (Å²) in [5, 5.41) is 4.74. The average molecular weight is 402 g/mol. The molecule has 0 amide bonds. The second-order valence-corrected chi connectivity index (χ2v) is 7.10. The number of hydrogen-bond acceptors (Lipinski definition) is 3. The minimum absolute atomic E-state index is 0.00144. The Morgan fingerprint density at radius 1 is 1.07 bits per heavy atom. The van der Waals surface area contributed by atoms with Crippen LogP contribution in [0.25, 0.3) is 16.6 Å². The summed E-state index contributed by atoms with van der Waals surface area (Å²) in [6.45, 7) is 0. The number of rotatable bonds is 3. The maximum Gasteiger partial charge on any atom is 0.397 e. The molecule has 0 saturated heterocycles. The Kier molecular flexibility index (Phi) is 4.55. The highest BCUT2D eigenvalue weighted by atomic mass is 19.4. The van der Waals surface area contributed by atoms with Crippen LogP contribution in [-0.2, 0) is 0 Å². The van der Waals surface area contributed by atoms with E-state index in [0.717, 1.165) is 0 Å². The van der Waals surface area contributed by atoms with Gasteiger partial charge in [-0.05, 0) is 42.0 Å². The lowest BCUT2D eigenvalue weighted by Gasteiger charge is -2.41. The molecule has 1 aromatic heterocycles. The first kappa shape index (κ1) is 19.4. The first-order chi connectivity index (χ1) is 13.7. The van der Waals surface area contributed by atoms with Crippen molar-refractivity contribution in [2.24, 2.45) is 11.5 Å². The molecule has 4 nitrogen and oxygen atoms in total. The van der Waals surface area contributed by atoms with Crippen LogP contribution in [0, 0.1) is 5.82 Å². The normalized spacial score (nSPS) is 22.9. The van der Waals surface area contributed by atoms with E-state index in [-0.39, 0.29) is 11.4 Å². The van der Waals surface area contributed by atoms with Crippen LogP contribution in [0.4, 0.5) is 17.6 Å². The van der Waals surface area contributed by atoms with Crippen LogP contribution >= 0.6 is 0 Å². The van der Waals surface area contributed by atoms with Crippen molar-refractivity contribution in [3.63, 3.8) is 0 Å². The first-order valence-electron chi connectivity index (χ1n) is 8.91. The van der Waals surface area contributed by atoms with Crippen molar-refractivity contribution >= 4 is 10.9 Å². The smallest absolute Gasteiger partial charge is 0.323 e. The van der Waals surface area contributed by atoms with E-state index in [4.69, 9.17) is 11.5 Å². The molecule has 29 heavy (non-hydrogen) atoms. The van der Waals surface area contributed by atoms with Crippen molar-refractivity contribution in [1.82, 2.24) is 9.78 Å². The zero-order chi connectivity index (χ0) is 20.8. The molecule has 3 atom stereocenters. The molecule has 2 aromatic carbocycles. The van der Waals surface area contributed by atoms with Gasteiger partial charge in [0.05, 0.1) is 22.9 Å². The van der Waals surface area contributed by atoms with Crippen LogP contribution in [-0.4, -0.2) is 27.5 Å². The Labute approximate surface area is 164 Å². The van der Waals surface area contributed by atoms with Crippen molar-refractivity contribution in [2.75, 3.05) is 0 Å². The maximum atomic E-state index is 14.1. The topological polar surface area (TPSA) is 69.9 Å². The summed E-state index contributed by atoms with van der Waals surface area (Å²) < 4.78 is 56.9. The molecule has 1 aliphatic carbocycles. The standard InChI is InChI=1S/C21H18F4N4/c22-15-5-7-16(8-6-15)29-17-9-4-13(11-14(17)12-28-29)19(21(23,24)25)20(27)10-2-1-3-18(20)26/h1-12,18-19H,26-27H2. The number of hydrogen-bond donors (Lipinski definition) is 2. The Balaban J connectivity index is 1.81. The van der Waals surface area contributed by atoms with E-state index in [1.54, 1.807) is 24.3 Å². The van der Waals surface area contributed by atoms with Gasteiger partial charge in [-0.15, -0.1) is 0 Å². The SMILES string of the molecule is NC1C=CC=CC1(N)C(c1ccc2c(cnn2-c2ccc(F)cc2)c1)C(F)(F)F. The van der Waals surface area contributed by atoms with Gasteiger partial charge in [0, 0.05) is 11.4 Å². The molecule has 1 aliphatic rings. The monoisotopic (exact) mass is 402 g/mol. The summed E-state index contributed by atoms with van der Waals surface area (Å²) in [7, 11) is 0. The zero-order valence-corrected chi connectivity index (χ0v) is 15.1. The van der Waals surface area contributed by atoms with E-state index in [1.165, 1.54) is 53.4 Å². The lowest BCUT2D eigenvalue weighted by Crippen LogP contribution is -2.61. The van der Waals surface area contributed by atoms with Crippen molar-refractivity contribution in [3.8, 4) is 5.69 Å². The third-order valence-electron chi connectivity index (χ3n) is 5.22. The lowest BCUT2D eigenvalue weighted by molar-refractivity contribution is -0.162. The predicted octanol–water partition coefficient (Wildman–Crippen LogP) is 3.96.